The second-order valence-electron chi connectivity index (χ2n) is 6.62. The van der Waals surface area contributed by atoms with Crippen LogP contribution in [-0.2, 0) is 14.8 Å². The Bertz CT molecular complexity index is 1160. The minimum atomic E-state index is -3.61. The third-order valence-electron chi connectivity index (χ3n) is 4.45. The predicted octanol–water partition coefficient (Wildman–Crippen LogP) is 3.09. The number of benzene rings is 2. The van der Waals surface area contributed by atoms with E-state index < -0.39 is 15.9 Å². The van der Waals surface area contributed by atoms with Gasteiger partial charge in [-0.3, -0.25) is 4.79 Å². The molecule has 0 fully saturated rings. The van der Waals surface area contributed by atoms with Gasteiger partial charge >= 0.3 is 0 Å². The summed E-state index contributed by atoms with van der Waals surface area (Å²) in [6.45, 7) is 5.74. The number of amides is 1. The summed E-state index contributed by atoms with van der Waals surface area (Å²) in [4.78, 5) is 16.6. The number of nitrogens with zero attached hydrogens (tertiary/aromatic N) is 3. The monoisotopic (exact) mass is 444 g/mol. The molecule has 0 saturated carbocycles. The van der Waals surface area contributed by atoms with Crippen LogP contribution in [0.2, 0.25) is 0 Å². The summed E-state index contributed by atoms with van der Waals surface area (Å²) >= 11 is 0. The molecule has 164 valence electrons. The van der Waals surface area contributed by atoms with Gasteiger partial charge in [0.05, 0.1) is 4.90 Å². The summed E-state index contributed by atoms with van der Waals surface area (Å²) in [5.41, 5.74) is 1.07. The number of rotatable bonds is 9. The Balaban J connectivity index is 1.64. The topological polar surface area (TPSA) is 115 Å². The number of sulfonamides is 1. The van der Waals surface area contributed by atoms with Gasteiger partial charge in [-0.2, -0.15) is 9.29 Å². The van der Waals surface area contributed by atoms with E-state index in [1.165, 1.54) is 16.4 Å². The van der Waals surface area contributed by atoms with E-state index in [0.717, 1.165) is 0 Å². The lowest BCUT2D eigenvalue weighted by Gasteiger charge is -2.18. The van der Waals surface area contributed by atoms with E-state index in [9.17, 15) is 13.2 Å². The quantitative estimate of drug-likeness (QED) is 0.539. The molecule has 9 nitrogen and oxygen atoms in total. The number of hydrogen-bond acceptors (Lipinski definition) is 7. The summed E-state index contributed by atoms with van der Waals surface area (Å²) in [5.74, 6) is 0.927. The van der Waals surface area contributed by atoms with Gasteiger partial charge in [0.2, 0.25) is 21.7 Å². The molecule has 2 aromatic carbocycles. The van der Waals surface area contributed by atoms with Gasteiger partial charge in [0.1, 0.15) is 5.75 Å². The smallest absolute Gasteiger partial charge is 0.262 e. The first kappa shape index (κ1) is 22.4. The van der Waals surface area contributed by atoms with Gasteiger partial charge in [0.15, 0.2) is 6.61 Å². The van der Waals surface area contributed by atoms with Gasteiger partial charge in [-0.15, -0.1) is 0 Å². The minimum Gasteiger partial charge on any atom is -0.484 e. The zero-order valence-corrected chi connectivity index (χ0v) is 18.3. The van der Waals surface area contributed by atoms with Crippen LogP contribution in [-0.4, -0.2) is 48.5 Å². The van der Waals surface area contributed by atoms with Crippen molar-refractivity contribution in [2.45, 2.75) is 25.7 Å². The highest BCUT2D eigenvalue weighted by atomic mass is 32.2. The highest BCUT2D eigenvalue weighted by molar-refractivity contribution is 7.89. The van der Waals surface area contributed by atoms with Crippen molar-refractivity contribution in [2.75, 3.05) is 25.0 Å². The fourth-order valence-electron chi connectivity index (χ4n) is 2.93. The predicted molar refractivity (Wildman–Crippen MR) is 115 cm³/mol. The zero-order valence-electron chi connectivity index (χ0n) is 17.5. The zero-order chi connectivity index (χ0) is 22.4. The van der Waals surface area contributed by atoms with Crippen LogP contribution in [0.15, 0.2) is 57.9 Å². The van der Waals surface area contributed by atoms with Crippen molar-refractivity contribution in [3.05, 3.63) is 54.4 Å². The lowest BCUT2D eigenvalue weighted by Crippen LogP contribution is -2.30. The third kappa shape index (κ3) is 5.47. The van der Waals surface area contributed by atoms with Crippen LogP contribution in [0.1, 0.15) is 19.7 Å². The fourth-order valence-corrected chi connectivity index (χ4v) is 4.44. The summed E-state index contributed by atoms with van der Waals surface area (Å²) < 4.78 is 37.2. The van der Waals surface area contributed by atoms with Crippen LogP contribution in [0.4, 0.5) is 5.69 Å². The van der Waals surface area contributed by atoms with Crippen LogP contribution in [0.25, 0.3) is 11.4 Å². The largest absolute Gasteiger partial charge is 0.484 e. The number of aromatic nitrogens is 2. The molecule has 3 rings (SSSR count). The van der Waals surface area contributed by atoms with E-state index in [-0.39, 0.29) is 11.5 Å². The number of carbonyl (C=O) groups excluding carboxylic acids is 1. The maximum atomic E-state index is 12.7. The first-order chi connectivity index (χ1) is 14.8. The molecule has 0 saturated heterocycles. The fraction of sp³-hybridized carbons (Fsp3) is 0.286. The Kier molecular flexibility index (Phi) is 7.03. The van der Waals surface area contributed by atoms with Crippen molar-refractivity contribution in [3.63, 3.8) is 0 Å². The molecule has 1 N–H and O–H groups in total. The number of hydrogen-bond donors (Lipinski definition) is 1. The summed E-state index contributed by atoms with van der Waals surface area (Å²) in [6, 6.07) is 13.1. The van der Waals surface area contributed by atoms with Crippen LogP contribution in [0.5, 0.6) is 5.75 Å². The second-order valence-corrected chi connectivity index (χ2v) is 8.56. The number of nitrogens with one attached hydrogen (secondary N) is 1. The maximum absolute atomic E-state index is 12.7. The third-order valence-corrected chi connectivity index (χ3v) is 6.50. The van der Waals surface area contributed by atoms with E-state index in [1.54, 1.807) is 57.2 Å². The van der Waals surface area contributed by atoms with Crippen molar-refractivity contribution >= 4 is 21.6 Å². The van der Waals surface area contributed by atoms with Crippen LogP contribution >= 0.6 is 0 Å². The van der Waals surface area contributed by atoms with Crippen molar-refractivity contribution < 1.29 is 22.5 Å². The lowest BCUT2D eigenvalue weighted by atomic mass is 10.2. The molecule has 1 heterocycles. The van der Waals surface area contributed by atoms with Gasteiger partial charge in [0, 0.05) is 31.3 Å². The van der Waals surface area contributed by atoms with E-state index in [2.05, 4.69) is 15.5 Å². The second kappa shape index (κ2) is 9.71. The molecule has 1 amide bonds. The number of carbonyl (C=O) groups is 1. The number of anilines is 1. The Morgan fingerprint density at radius 1 is 1.13 bits per heavy atom. The van der Waals surface area contributed by atoms with Gasteiger partial charge in [0.25, 0.3) is 5.91 Å². The van der Waals surface area contributed by atoms with Crippen LogP contribution < -0.4 is 10.1 Å². The first-order valence-electron chi connectivity index (χ1n) is 9.77. The van der Waals surface area contributed by atoms with Gasteiger partial charge in [-0.25, -0.2) is 8.42 Å². The molecule has 3 aromatic rings. The number of aryl methyl sites for hydroxylation is 1. The maximum Gasteiger partial charge on any atom is 0.262 e. The summed E-state index contributed by atoms with van der Waals surface area (Å²) in [6.07, 6.45) is 0. The van der Waals surface area contributed by atoms with Crippen molar-refractivity contribution in [1.29, 1.82) is 0 Å². The van der Waals surface area contributed by atoms with Crippen LogP contribution in [0.3, 0.4) is 0 Å². The Hall–Kier alpha value is -3.24. The molecule has 0 aliphatic rings. The van der Waals surface area contributed by atoms with Crippen molar-refractivity contribution in [3.8, 4) is 17.1 Å². The molecule has 0 spiro atoms. The van der Waals surface area contributed by atoms with Crippen LogP contribution in [0, 0.1) is 6.92 Å². The SMILES string of the molecule is CCN(CC)S(=O)(=O)c1cccc(NC(=O)COc2cccc(-c3noc(C)n3)c2)c1. The van der Waals surface area contributed by atoms with E-state index in [4.69, 9.17) is 9.26 Å². The Morgan fingerprint density at radius 3 is 2.55 bits per heavy atom. The van der Waals surface area contributed by atoms with Gasteiger partial charge in [-0.05, 0) is 30.3 Å². The van der Waals surface area contributed by atoms with E-state index >= 15 is 0 Å². The normalized spacial score (nSPS) is 11.5. The van der Waals surface area contributed by atoms with Gasteiger partial charge in [-0.1, -0.05) is 37.2 Å². The Morgan fingerprint density at radius 2 is 1.87 bits per heavy atom. The summed E-state index contributed by atoms with van der Waals surface area (Å²) in [5, 5.41) is 6.52. The molecule has 0 bridgehead atoms. The van der Waals surface area contributed by atoms with Crippen molar-refractivity contribution in [2.24, 2.45) is 0 Å². The average molecular weight is 445 g/mol. The van der Waals surface area contributed by atoms with Gasteiger partial charge < -0.3 is 14.6 Å². The molecule has 0 atom stereocenters. The standard InChI is InChI=1S/C21H24N4O5S/c1-4-25(5-2)31(27,28)19-11-7-9-17(13-19)23-20(26)14-29-18-10-6-8-16(12-18)21-22-15(3)30-24-21/h6-13H,4-5,14H2,1-3H3,(H,23,26). The highest BCUT2D eigenvalue weighted by Gasteiger charge is 2.21. The molecule has 0 aliphatic heterocycles. The molecule has 0 unspecified atom stereocenters. The summed E-state index contributed by atoms with van der Waals surface area (Å²) in [7, 11) is -3.61. The molecule has 31 heavy (non-hydrogen) atoms. The Labute approximate surface area is 181 Å². The molecule has 0 aliphatic carbocycles. The number of ether oxygens (including phenoxy) is 1. The van der Waals surface area contributed by atoms with E-state index in [1.807, 2.05) is 0 Å². The molecule has 0 radical (unpaired) electrons. The first-order valence-corrected chi connectivity index (χ1v) is 11.2. The molecular formula is C21H24N4O5S. The van der Waals surface area contributed by atoms with Crippen molar-refractivity contribution in [1.82, 2.24) is 14.4 Å². The van der Waals surface area contributed by atoms with E-state index in [0.29, 0.717) is 41.8 Å². The minimum absolute atomic E-state index is 0.123. The lowest BCUT2D eigenvalue weighted by molar-refractivity contribution is -0.118. The highest BCUT2D eigenvalue weighted by Crippen LogP contribution is 2.22. The molecule has 10 heteroatoms. The average Bonchev–Trinajstić information content (AvgIpc) is 3.20. The molecular weight excluding hydrogens is 420 g/mol. The molecule has 1 aromatic heterocycles.